The second-order valence-corrected chi connectivity index (χ2v) is 5.59. The number of hydrogen-bond donors (Lipinski definition) is 0. The van der Waals surface area contributed by atoms with E-state index in [0.717, 1.165) is 16.8 Å². The zero-order valence-electron chi connectivity index (χ0n) is 12.2. The number of carbonyl (C=O) groups is 1. The van der Waals surface area contributed by atoms with E-state index >= 15 is 0 Å². The lowest BCUT2D eigenvalue weighted by Crippen LogP contribution is -2.39. The summed E-state index contributed by atoms with van der Waals surface area (Å²) < 4.78 is 0. The molecule has 0 bridgehead atoms. The summed E-state index contributed by atoms with van der Waals surface area (Å²) in [6.45, 7) is 2.34. The maximum absolute atomic E-state index is 12.5. The van der Waals surface area contributed by atoms with Crippen LogP contribution in [0.4, 0.5) is 11.4 Å². The van der Waals surface area contributed by atoms with Gasteiger partial charge in [0.2, 0.25) is 5.91 Å². The zero-order chi connectivity index (χ0) is 15.7. The molecule has 1 aliphatic heterocycles. The van der Waals surface area contributed by atoms with Crippen molar-refractivity contribution in [2.45, 2.75) is 19.9 Å². The molecule has 0 aliphatic carbocycles. The van der Waals surface area contributed by atoms with Crippen LogP contribution >= 0.6 is 0 Å². The van der Waals surface area contributed by atoms with Crippen LogP contribution in [0.15, 0.2) is 48.5 Å². The molecule has 0 saturated heterocycles. The lowest BCUT2D eigenvalue weighted by atomic mass is 9.92. The van der Waals surface area contributed by atoms with Crippen molar-refractivity contribution in [1.29, 1.82) is 0 Å². The van der Waals surface area contributed by atoms with Crippen molar-refractivity contribution < 1.29 is 9.72 Å². The molecule has 5 heteroatoms. The minimum atomic E-state index is -0.400. The second kappa shape index (κ2) is 5.60. The number of non-ortho nitro benzene ring substituents is 1. The molecule has 1 heterocycles. The topological polar surface area (TPSA) is 63.5 Å². The summed E-state index contributed by atoms with van der Waals surface area (Å²) in [6, 6.07) is 14.5. The molecular weight excluding hydrogens is 280 g/mol. The molecule has 3 rings (SSSR count). The number of fused-ring (bicyclic) bond motifs is 1. The Bertz CT molecular complexity index is 728. The Labute approximate surface area is 128 Å². The maximum atomic E-state index is 12.5. The Balaban J connectivity index is 2.00. The van der Waals surface area contributed by atoms with Gasteiger partial charge in [-0.05, 0) is 23.6 Å². The van der Waals surface area contributed by atoms with Crippen molar-refractivity contribution in [3.63, 3.8) is 0 Å². The summed E-state index contributed by atoms with van der Waals surface area (Å²) in [4.78, 5) is 24.8. The third kappa shape index (κ3) is 2.57. The highest BCUT2D eigenvalue weighted by Crippen LogP contribution is 2.34. The average molecular weight is 296 g/mol. The van der Waals surface area contributed by atoms with Crippen LogP contribution in [0.2, 0.25) is 0 Å². The molecule has 1 aliphatic rings. The third-order valence-corrected chi connectivity index (χ3v) is 3.96. The fourth-order valence-electron chi connectivity index (χ4n) is 2.84. The SMILES string of the molecule is CC1Cc2cc([N+](=O)[O-])ccc2N(Cc2ccccc2)C1=O. The van der Waals surface area contributed by atoms with Crippen molar-refractivity contribution in [2.75, 3.05) is 4.90 Å². The number of carbonyl (C=O) groups excluding carboxylic acids is 1. The molecule has 0 radical (unpaired) electrons. The number of benzene rings is 2. The highest BCUT2D eigenvalue weighted by atomic mass is 16.6. The zero-order valence-corrected chi connectivity index (χ0v) is 12.2. The Kier molecular flexibility index (Phi) is 3.63. The quantitative estimate of drug-likeness (QED) is 0.644. The summed E-state index contributed by atoms with van der Waals surface area (Å²) >= 11 is 0. The van der Waals surface area contributed by atoms with Crippen LogP contribution in [0.25, 0.3) is 0 Å². The Hall–Kier alpha value is -2.69. The van der Waals surface area contributed by atoms with Gasteiger partial charge in [0.05, 0.1) is 11.5 Å². The van der Waals surface area contributed by atoms with Crippen molar-refractivity contribution in [3.8, 4) is 0 Å². The van der Waals surface area contributed by atoms with Crippen LogP contribution in [0.5, 0.6) is 0 Å². The Morgan fingerprint density at radius 3 is 2.64 bits per heavy atom. The highest BCUT2D eigenvalue weighted by molar-refractivity contribution is 5.98. The first-order chi connectivity index (χ1) is 10.6. The van der Waals surface area contributed by atoms with Gasteiger partial charge in [-0.2, -0.15) is 0 Å². The standard InChI is InChI=1S/C17H16N2O3/c1-12-9-14-10-15(19(21)22)7-8-16(14)18(17(12)20)11-13-5-3-2-4-6-13/h2-8,10,12H,9,11H2,1H3. The number of nitro groups is 1. The number of hydrogen-bond acceptors (Lipinski definition) is 3. The molecule has 0 aromatic heterocycles. The van der Waals surface area contributed by atoms with Crippen LogP contribution in [0, 0.1) is 16.0 Å². The van der Waals surface area contributed by atoms with E-state index in [9.17, 15) is 14.9 Å². The van der Waals surface area contributed by atoms with Crippen LogP contribution < -0.4 is 4.90 Å². The summed E-state index contributed by atoms with van der Waals surface area (Å²) in [7, 11) is 0. The summed E-state index contributed by atoms with van der Waals surface area (Å²) in [5.74, 6) is -0.108. The molecular formula is C17H16N2O3. The van der Waals surface area contributed by atoms with Gasteiger partial charge in [-0.15, -0.1) is 0 Å². The number of nitro benzene ring substituents is 1. The Morgan fingerprint density at radius 2 is 1.95 bits per heavy atom. The summed E-state index contributed by atoms with van der Waals surface area (Å²) in [6.07, 6.45) is 0.543. The fourth-order valence-corrected chi connectivity index (χ4v) is 2.84. The molecule has 112 valence electrons. The number of amides is 1. The first kappa shape index (κ1) is 14.3. The summed E-state index contributed by atoms with van der Waals surface area (Å²) in [5.41, 5.74) is 2.74. The second-order valence-electron chi connectivity index (χ2n) is 5.59. The monoisotopic (exact) mass is 296 g/mol. The van der Waals surface area contributed by atoms with E-state index in [1.165, 1.54) is 6.07 Å². The molecule has 0 N–H and O–H groups in total. The van der Waals surface area contributed by atoms with Crippen LogP contribution in [-0.4, -0.2) is 10.8 Å². The lowest BCUT2D eigenvalue weighted by Gasteiger charge is -2.32. The van der Waals surface area contributed by atoms with E-state index in [2.05, 4.69) is 0 Å². The van der Waals surface area contributed by atoms with Crippen LogP contribution in [0.3, 0.4) is 0 Å². The van der Waals surface area contributed by atoms with E-state index < -0.39 is 4.92 Å². The largest absolute Gasteiger partial charge is 0.307 e. The smallest absolute Gasteiger partial charge is 0.269 e. The molecule has 2 aromatic carbocycles. The van der Waals surface area contributed by atoms with Crippen molar-refractivity contribution in [2.24, 2.45) is 5.92 Å². The summed E-state index contributed by atoms with van der Waals surface area (Å²) in [5, 5.41) is 10.9. The van der Waals surface area contributed by atoms with Crippen LogP contribution in [-0.2, 0) is 17.8 Å². The van der Waals surface area contributed by atoms with Gasteiger partial charge < -0.3 is 4.90 Å². The van der Waals surface area contributed by atoms with Gasteiger partial charge in [-0.1, -0.05) is 37.3 Å². The van der Waals surface area contributed by atoms with E-state index in [1.54, 1.807) is 17.0 Å². The van der Waals surface area contributed by atoms with E-state index in [-0.39, 0.29) is 17.5 Å². The fraction of sp³-hybridized carbons (Fsp3) is 0.235. The molecule has 0 saturated carbocycles. The molecule has 5 nitrogen and oxygen atoms in total. The molecule has 0 fully saturated rings. The van der Waals surface area contributed by atoms with Crippen molar-refractivity contribution >= 4 is 17.3 Å². The van der Waals surface area contributed by atoms with Gasteiger partial charge in [0.25, 0.3) is 5.69 Å². The van der Waals surface area contributed by atoms with E-state index in [4.69, 9.17) is 0 Å². The predicted molar refractivity (Wildman–Crippen MR) is 83.6 cm³/mol. The van der Waals surface area contributed by atoms with E-state index in [0.29, 0.717) is 13.0 Å². The minimum Gasteiger partial charge on any atom is -0.307 e. The van der Waals surface area contributed by atoms with Gasteiger partial charge in [0.1, 0.15) is 0 Å². The number of anilines is 1. The van der Waals surface area contributed by atoms with Crippen molar-refractivity contribution in [1.82, 2.24) is 0 Å². The average Bonchev–Trinajstić information content (AvgIpc) is 2.52. The van der Waals surface area contributed by atoms with Gasteiger partial charge in [0, 0.05) is 23.7 Å². The number of nitrogens with zero attached hydrogens (tertiary/aromatic N) is 2. The van der Waals surface area contributed by atoms with Gasteiger partial charge in [-0.25, -0.2) is 0 Å². The molecule has 22 heavy (non-hydrogen) atoms. The number of rotatable bonds is 3. The molecule has 1 unspecified atom stereocenters. The lowest BCUT2D eigenvalue weighted by molar-refractivity contribution is -0.384. The predicted octanol–water partition coefficient (Wildman–Crippen LogP) is 3.32. The van der Waals surface area contributed by atoms with Crippen molar-refractivity contribution in [3.05, 3.63) is 69.8 Å². The third-order valence-electron chi connectivity index (χ3n) is 3.96. The first-order valence-corrected chi connectivity index (χ1v) is 7.19. The first-order valence-electron chi connectivity index (χ1n) is 7.19. The molecule has 1 atom stereocenters. The molecule has 0 spiro atoms. The minimum absolute atomic E-state index is 0.0604. The van der Waals surface area contributed by atoms with Gasteiger partial charge >= 0.3 is 0 Å². The van der Waals surface area contributed by atoms with Gasteiger partial charge in [0.15, 0.2) is 0 Å². The maximum Gasteiger partial charge on any atom is 0.269 e. The van der Waals surface area contributed by atoms with Gasteiger partial charge in [-0.3, -0.25) is 14.9 Å². The molecule has 1 amide bonds. The Morgan fingerprint density at radius 1 is 1.23 bits per heavy atom. The normalized spacial score (nSPS) is 17.2. The highest BCUT2D eigenvalue weighted by Gasteiger charge is 2.31. The molecule has 2 aromatic rings. The van der Waals surface area contributed by atoms with Crippen LogP contribution in [0.1, 0.15) is 18.1 Å². The van der Waals surface area contributed by atoms with E-state index in [1.807, 2.05) is 37.3 Å².